The van der Waals surface area contributed by atoms with Crippen LogP contribution in [0.15, 0.2) is 36.7 Å². The topological polar surface area (TPSA) is 47.8 Å². The highest BCUT2D eigenvalue weighted by atomic mass is 35.5. The van der Waals surface area contributed by atoms with Gasteiger partial charge in [0, 0.05) is 36.3 Å². The van der Waals surface area contributed by atoms with Crippen LogP contribution in [0.2, 0.25) is 5.15 Å². The molecule has 7 heteroatoms. The van der Waals surface area contributed by atoms with Gasteiger partial charge < -0.3 is 4.57 Å². The Bertz CT molecular complexity index is 871. The van der Waals surface area contributed by atoms with Crippen LogP contribution in [0, 0.1) is 0 Å². The average Bonchev–Trinajstić information content (AvgIpc) is 2.84. The van der Waals surface area contributed by atoms with Crippen molar-refractivity contribution < 1.29 is 13.6 Å². The molecule has 0 saturated carbocycles. The minimum Gasteiger partial charge on any atom is -0.300 e. The van der Waals surface area contributed by atoms with Gasteiger partial charge in [-0.2, -0.15) is 8.78 Å². The van der Waals surface area contributed by atoms with Gasteiger partial charge in [0.05, 0.1) is 5.52 Å². The smallest absolute Gasteiger partial charge is 0.287 e. The van der Waals surface area contributed by atoms with Crippen molar-refractivity contribution in [1.29, 1.82) is 0 Å². The second-order valence-corrected chi connectivity index (χ2v) is 5.25. The minimum absolute atomic E-state index is 0.237. The molecule has 0 radical (unpaired) electrons. The number of rotatable bonds is 3. The quantitative estimate of drug-likeness (QED) is 0.541. The number of halogens is 3. The van der Waals surface area contributed by atoms with Gasteiger partial charge in [0.1, 0.15) is 16.7 Å². The highest BCUT2D eigenvalue weighted by Gasteiger charge is 2.26. The summed E-state index contributed by atoms with van der Waals surface area (Å²) in [6.45, 7) is 0.782. The number of alkyl halides is 2. The Morgan fingerprint density at radius 2 is 2.14 bits per heavy atom. The monoisotopic (exact) mass is 321 g/mol. The van der Waals surface area contributed by atoms with Crippen LogP contribution in [0.4, 0.5) is 8.78 Å². The highest BCUT2D eigenvalue weighted by Crippen LogP contribution is 2.28. The first-order valence-electron chi connectivity index (χ1n) is 6.37. The summed E-state index contributed by atoms with van der Waals surface area (Å²) in [5.41, 5.74) is 0.612. The summed E-state index contributed by atoms with van der Waals surface area (Å²) in [5.74, 6) is -2.77. The van der Waals surface area contributed by atoms with Crippen LogP contribution in [0.3, 0.4) is 0 Å². The predicted octanol–water partition coefficient (Wildman–Crippen LogP) is 4.00. The molecule has 22 heavy (non-hydrogen) atoms. The van der Waals surface area contributed by atoms with E-state index >= 15 is 0 Å². The molecule has 0 aliphatic rings. The van der Waals surface area contributed by atoms with Gasteiger partial charge in [0.25, 0.3) is 5.92 Å². The minimum atomic E-state index is -3.05. The number of carbonyl (C=O) groups is 1. The summed E-state index contributed by atoms with van der Waals surface area (Å²) in [4.78, 5) is 19.1. The molecule has 0 spiro atoms. The fraction of sp³-hybridized carbons (Fsp3) is 0.133. The van der Waals surface area contributed by atoms with Crippen molar-refractivity contribution in [1.82, 2.24) is 14.5 Å². The summed E-state index contributed by atoms with van der Waals surface area (Å²) in [7, 11) is 0. The van der Waals surface area contributed by atoms with Gasteiger partial charge in [-0.1, -0.05) is 17.7 Å². The Morgan fingerprint density at radius 3 is 2.82 bits per heavy atom. The first-order chi connectivity index (χ1) is 10.4. The Kier molecular flexibility index (Phi) is 3.41. The molecule has 4 nitrogen and oxygen atoms in total. The summed E-state index contributed by atoms with van der Waals surface area (Å²) in [5, 5.41) is 0.816. The van der Waals surface area contributed by atoms with E-state index in [1.807, 2.05) is 0 Å². The Morgan fingerprint density at radius 1 is 1.36 bits per heavy atom. The maximum atomic E-state index is 13.4. The maximum Gasteiger partial charge on any atom is 0.287 e. The summed E-state index contributed by atoms with van der Waals surface area (Å²) < 4.78 is 28.4. The number of fused-ring (bicyclic) bond motifs is 1. The van der Waals surface area contributed by atoms with Crippen molar-refractivity contribution >= 4 is 28.8 Å². The van der Waals surface area contributed by atoms with Crippen LogP contribution in [0.1, 0.15) is 23.0 Å². The van der Waals surface area contributed by atoms with E-state index in [9.17, 15) is 13.6 Å². The summed E-state index contributed by atoms with van der Waals surface area (Å²) in [6, 6.07) is 5.88. The van der Waals surface area contributed by atoms with Gasteiger partial charge >= 0.3 is 0 Å². The lowest BCUT2D eigenvalue weighted by Crippen LogP contribution is -2.11. The fourth-order valence-electron chi connectivity index (χ4n) is 2.21. The van der Waals surface area contributed by atoms with Crippen LogP contribution in [-0.2, 0) is 5.92 Å². The average molecular weight is 322 g/mol. The Balaban J connectivity index is 2.26. The first-order valence-corrected chi connectivity index (χ1v) is 6.75. The van der Waals surface area contributed by atoms with Crippen LogP contribution >= 0.6 is 11.6 Å². The fourth-order valence-corrected chi connectivity index (χ4v) is 2.36. The van der Waals surface area contributed by atoms with Gasteiger partial charge in [-0.3, -0.25) is 4.79 Å². The molecule has 0 aromatic carbocycles. The lowest BCUT2D eigenvalue weighted by atomic mass is 10.2. The lowest BCUT2D eigenvalue weighted by Gasteiger charge is -2.11. The molecule has 0 amide bonds. The second-order valence-electron chi connectivity index (χ2n) is 4.87. The SMILES string of the molecule is CC(F)(F)c1cccc(-n2cc(C=O)c3cnc(Cl)cc32)n1. The Hall–Kier alpha value is -2.34. The third-order valence-electron chi connectivity index (χ3n) is 3.25. The molecular formula is C15H10ClF2N3O. The standard InChI is InChI=1S/C15H10ClF2N3O/c1-15(17,18)12-3-2-4-14(20-12)21-7-9(8-22)10-6-19-13(16)5-11(10)21/h2-8H,1H3. The van der Waals surface area contributed by atoms with Gasteiger partial charge in [-0.25, -0.2) is 9.97 Å². The second kappa shape index (κ2) is 5.14. The van der Waals surface area contributed by atoms with Crippen molar-refractivity contribution in [3.63, 3.8) is 0 Å². The van der Waals surface area contributed by atoms with E-state index in [1.54, 1.807) is 16.7 Å². The first kappa shape index (κ1) is 14.6. The molecule has 0 fully saturated rings. The van der Waals surface area contributed by atoms with E-state index in [4.69, 9.17) is 11.6 Å². The van der Waals surface area contributed by atoms with Crippen LogP contribution in [0.5, 0.6) is 0 Å². The number of carbonyl (C=O) groups excluding carboxylic acids is 1. The van der Waals surface area contributed by atoms with Crippen molar-refractivity contribution in [2.45, 2.75) is 12.8 Å². The molecule has 0 saturated heterocycles. The number of hydrogen-bond donors (Lipinski definition) is 0. The van der Waals surface area contributed by atoms with Crippen LogP contribution in [0.25, 0.3) is 16.7 Å². The molecule has 3 aromatic heterocycles. The number of pyridine rings is 2. The van der Waals surface area contributed by atoms with Gasteiger partial charge in [0.2, 0.25) is 0 Å². The van der Waals surface area contributed by atoms with E-state index in [2.05, 4.69) is 9.97 Å². The third kappa shape index (κ3) is 2.46. The zero-order chi connectivity index (χ0) is 15.9. The zero-order valence-corrected chi connectivity index (χ0v) is 12.2. The molecular weight excluding hydrogens is 312 g/mol. The van der Waals surface area contributed by atoms with Crippen LogP contribution < -0.4 is 0 Å². The van der Waals surface area contributed by atoms with Crippen molar-refractivity contribution in [2.24, 2.45) is 0 Å². The van der Waals surface area contributed by atoms with Crippen molar-refractivity contribution in [3.05, 3.63) is 53.1 Å². The van der Waals surface area contributed by atoms with Gasteiger partial charge in [-0.05, 0) is 12.1 Å². The third-order valence-corrected chi connectivity index (χ3v) is 3.45. The number of nitrogens with zero attached hydrogens (tertiary/aromatic N) is 3. The van der Waals surface area contributed by atoms with E-state index in [-0.39, 0.29) is 16.7 Å². The molecule has 3 rings (SSSR count). The van der Waals surface area contributed by atoms with Gasteiger partial charge in [-0.15, -0.1) is 0 Å². The number of aromatic nitrogens is 3. The summed E-state index contributed by atoms with van der Waals surface area (Å²) in [6.07, 6.45) is 3.67. The lowest BCUT2D eigenvalue weighted by molar-refractivity contribution is 0.0127. The van der Waals surface area contributed by atoms with E-state index < -0.39 is 5.92 Å². The van der Waals surface area contributed by atoms with Crippen molar-refractivity contribution in [3.8, 4) is 5.82 Å². The predicted molar refractivity (Wildman–Crippen MR) is 78.8 cm³/mol. The molecule has 112 valence electrons. The molecule has 0 aliphatic carbocycles. The molecule has 3 heterocycles. The highest BCUT2D eigenvalue weighted by molar-refractivity contribution is 6.30. The van der Waals surface area contributed by atoms with E-state index in [0.717, 1.165) is 6.92 Å². The Labute approximate surface area is 129 Å². The van der Waals surface area contributed by atoms with Gasteiger partial charge in [0.15, 0.2) is 6.29 Å². The maximum absolute atomic E-state index is 13.4. The normalized spacial score (nSPS) is 11.8. The molecule has 0 N–H and O–H groups in total. The van der Waals surface area contributed by atoms with Crippen molar-refractivity contribution in [2.75, 3.05) is 0 Å². The molecule has 0 bridgehead atoms. The number of aldehydes is 1. The number of hydrogen-bond acceptors (Lipinski definition) is 3. The summed E-state index contributed by atoms with van der Waals surface area (Å²) >= 11 is 5.88. The van der Waals surface area contributed by atoms with Crippen LogP contribution in [-0.4, -0.2) is 20.8 Å². The van der Waals surface area contributed by atoms with E-state index in [0.29, 0.717) is 22.8 Å². The van der Waals surface area contributed by atoms with E-state index in [1.165, 1.54) is 24.5 Å². The molecule has 0 unspecified atom stereocenters. The largest absolute Gasteiger partial charge is 0.300 e. The molecule has 0 atom stereocenters. The molecule has 0 aliphatic heterocycles. The zero-order valence-electron chi connectivity index (χ0n) is 11.4. The molecule has 3 aromatic rings.